The SMILES string of the molecule is Cc1cccc(COc2cc(C)cc(B(O)O)c2)c1. The summed E-state index contributed by atoms with van der Waals surface area (Å²) in [4.78, 5) is 0. The van der Waals surface area contributed by atoms with Gasteiger partial charge in [0.15, 0.2) is 0 Å². The molecule has 2 N–H and O–H groups in total. The average Bonchev–Trinajstić information content (AvgIpc) is 2.36. The molecule has 0 aliphatic rings. The average molecular weight is 256 g/mol. The van der Waals surface area contributed by atoms with E-state index in [1.165, 1.54) is 5.56 Å². The number of hydrogen-bond acceptors (Lipinski definition) is 3. The standard InChI is InChI=1S/C15H17BO3/c1-11-4-3-5-13(6-11)10-19-15-8-12(2)7-14(9-15)16(17)18/h3-9,17-18H,10H2,1-2H3. The molecule has 98 valence electrons. The van der Waals surface area contributed by atoms with Gasteiger partial charge in [-0.25, -0.2) is 0 Å². The lowest BCUT2D eigenvalue weighted by atomic mass is 9.79. The fraction of sp³-hybridized carbons (Fsp3) is 0.200. The van der Waals surface area contributed by atoms with E-state index in [2.05, 4.69) is 6.07 Å². The number of ether oxygens (including phenoxy) is 1. The summed E-state index contributed by atoms with van der Waals surface area (Å²) in [7, 11) is -1.47. The van der Waals surface area contributed by atoms with Gasteiger partial charge in [0.1, 0.15) is 12.4 Å². The molecular weight excluding hydrogens is 239 g/mol. The second-order valence-corrected chi connectivity index (χ2v) is 4.73. The first-order chi connectivity index (χ1) is 9.04. The summed E-state index contributed by atoms with van der Waals surface area (Å²) in [5.41, 5.74) is 3.66. The maximum absolute atomic E-state index is 9.19. The minimum absolute atomic E-state index is 0.444. The van der Waals surface area contributed by atoms with Crippen LogP contribution < -0.4 is 10.2 Å². The first-order valence-corrected chi connectivity index (χ1v) is 6.20. The quantitative estimate of drug-likeness (QED) is 0.816. The van der Waals surface area contributed by atoms with Gasteiger partial charge in [0, 0.05) is 0 Å². The van der Waals surface area contributed by atoms with Crippen LogP contribution in [0.3, 0.4) is 0 Å². The first-order valence-electron chi connectivity index (χ1n) is 6.20. The number of rotatable bonds is 4. The Morgan fingerprint density at radius 3 is 2.47 bits per heavy atom. The van der Waals surface area contributed by atoms with E-state index in [9.17, 15) is 10.0 Å². The summed E-state index contributed by atoms with van der Waals surface area (Å²) in [6.07, 6.45) is 0. The minimum Gasteiger partial charge on any atom is -0.489 e. The van der Waals surface area contributed by atoms with E-state index in [1.807, 2.05) is 38.1 Å². The van der Waals surface area contributed by atoms with Crippen LogP contribution in [-0.2, 0) is 6.61 Å². The summed E-state index contributed by atoms with van der Waals surface area (Å²) in [6.45, 7) is 4.40. The third-order valence-electron chi connectivity index (χ3n) is 2.86. The van der Waals surface area contributed by atoms with E-state index in [0.29, 0.717) is 17.8 Å². The van der Waals surface area contributed by atoms with Crippen LogP contribution in [0.25, 0.3) is 0 Å². The van der Waals surface area contributed by atoms with E-state index < -0.39 is 7.12 Å². The van der Waals surface area contributed by atoms with Crippen LogP contribution in [0.1, 0.15) is 16.7 Å². The third kappa shape index (κ3) is 3.84. The molecule has 0 aromatic heterocycles. The molecule has 2 aromatic rings. The smallest absolute Gasteiger partial charge is 0.488 e. The van der Waals surface area contributed by atoms with Gasteiger partial charge in [-0.2, -0.15) is 0 Å². The Kier molecular flexibility index (Phi) is 4.25. The van der Waals surface area contributed by atoms with Crippen molar-refractivity contribution in [3.63, 3.8) is 0 Å². The first kappa shape index (κ1) is 13.7. The lowest BCUT2D eigenvalue weighted by Crippen LogP contribution is -2.30. The van der Waals surface area contributed by atoms with Crippen LogP contribution in [0.2, 0.25) is 0 Å². The molecule has 0 unspecified atom stereocenters. The molecule has 0 heterocycles. The van der Waals surface area contributed by atoms with Crippen molar-refractivity contribution in [3.8, 4) is 5.75 Å². The van der Waals surface area contributed by atoms with Crippen molar-refractivity contribution >= 4 is 12.6 Å². The van der Waals surface area contributed by atoms with Crippen LogP contribution in [-0.4, -0.2) is 17.2 Å². The van der Waals surface area contributed by atoms with Gasteiger partial charge >= 0.3 is 7.12 Å². The second kappa shape index (κ2) is 5.91. The van der Waals surface area contributed by atoms with Gasteiger partial charge in [-0.1, -0.05) is 35.9 Å². The summed E-state index contributed by atoms with van der Waals surface area (Å²) in [5.74, 6) is 0.643. The molecule has 0 saturated heterocycles. The van der Waals surface area contributed by atoms with E-state index in [1.54, 1.807) is 12.1 Å². The Balaban J connectivity index is 2.11. The van der Waals surface area contributed by atoms with Crippen molar-refractivity contribution in [1.29, 1.82) is 0 Å². The molecule has 2 rings (SSSR count). The van der Waals surface area contributed by atoms with Crippen LogP contribution in [0.5, 0.6) is 5.75 Å². The maximum Gasteiger partial charge on any atom is 0.488 e. The molecule has 0 atom stereocenters. The fourth-order valence-corrected chi connectivity index (χ4v) is 1.98. The van der Waals surface area contributed by atoms with Crippen molar-refractivity contribution < 1.29 is 14.8 Å². The highest BCUT2D eigenvalue weighted by molar-refractivity contribution is 6.58. The van der Waals surface area contributed by atoms with Crippen molar-refractivity contribution in [1.82, 2.24) is 0 Å². The van der Waals surface area contributed by atoms with Crippen LogP contribution in [0.15, 0.2) is 42.5 Å². The number of benzene rings is 2. The van der Waals surface area contributed by atoms with Gasteiger partial charge in [0.2, 0.25) is 0 Å². The van der Waals surface area contributed by atoms with Crippen LogP contribution in [0, 0.1) is 13.8 Å². The molecule has 0 saturated carbocycles. The van der Waals surface area contributed by atoms with E-state index in [4.69, 9.17) is 4.74 Å². The molecule has 0 radical (unpaired) electrons. The van der Waals surface area contributed by atoms with Crippen LogP contribution in [0.4, 0.5) is 0 Å². The highest BCUT2D eigenvalue weighted by atomic mass is 16.5. The number of hydrogen-bond donors (Lipinski definition) is 2. The van der Waals surface area contributed by atoms with Gasteiger partial charge in [0.25, 0.3) is 0 Å². The zero-order valence-electron chi connectivity index (χ0n) is 11.1. The Hall–Kier alpha value is -1.78. The highest BCUT2D eigenvalue weighted by Crippen LogP contribution is 2.14. The normalized spacial score (nSPS) is 10.3. The molecule has 19 heavy (non-hydrogen) atoms. The van der Waals surface area contributed by atoms with Crippen LogP contribution >= 0.6 is 0 Å². The van der Waals surface area contributed by atoms with Gasteiger partial charge in [-0.15, -0.1) is 0 Å². The van der Waals surface area contributed by atoms with Crippen molar-refractivity contribution in [2.45, 2.75) is 20.5 Å². The molecule has 0 amide bonds. The minimum atomic E-state index is -1.47. The molecule has 0 aliphatic heterocycles. The Morgan fingerprint density at radius 1 is 1.00 bits per heavy atom. The van der Waals surface area contributed by atoms with Gasteiger partial charge in [-0.3, -0.25) is 0 Å². The molecule has 0 spiro atoms. The molecular formula is C15H17BO3. The molecule has 0 fully saturated rings. The van der Waals surface area contributed by atoms with E-state index in [-0.39, 0.29) is 0 Å². The summed E-state index contributed by atoms with van der Waals surface area (Å²) >= 11 is 0. The highest BCUT2D eigenvalue weighted by Gasteiger charge is 2.12. The maximum atomic E-state index is 9.19. The molecule has 0 bridgehead atoms. The topological polar surface area (TPSA) is 49.7 Å². The lowest BCUT2D eigenvalue weighted by molar-refractivity contribution is 0.306. The zero-order chi connectivity index (χ0) is 13.8. The Morgan fingerprint density at radius 2 is 1.79 bits per heavy atom. The fourth-order valence-electron chi connectivity index (χ4n) is 1.98. The molecule has 3 nitrogen and oxygen atoms in total. The Bertz CT molecular complexity index is 567. The van der Waals surface area contributed by atoms with Crippen molar-refractivity contribution in [2.24, 2.45) is 0 Å². The molecule has 4 heteroatoms. The van der Waals surface area contributed by atoms with Gasteiger partial charge in [-0.05, 0) is 42.6 Å². The monoisotopic (exact) mass is 256 g/mol. The summed E-state index contributed by atoms with van der Waals surface area (Å²) in [6, 6.07) is 13.4. The van der Waals surface area contributed by atoms with Crippen molar-refractivity contribution in [2.75, 3.05) is 0 Å². The molecule has 2 aromatic carbocycles. The zero-order valence-corrected chi connectivity index (χ0v) is 11.1. The summed E-state index contributed by atoms with van der Waals surface area (Å²) in [5, 5.41) is 18.4. The third-order valence-corrected chi connectivity index (χ3v) is 2.86. The second-order valence-electron chi connectivity index (χ2n) is 4.73. The van der Waals surface area contributed by atoms with E-state index in [0.717, 1.165) is 11.1 Å². The largest absolute Gasteiger partial charge is 0.489 e. The predicted molar refractivity (Wildman–Crippen MR) is 76.5 cm³/mol. The Labute approximate surface area is 113 Å². The predicted octanol–water partition coefficient (Wildman–Crippen LogP) is 1.56. The van der Waals surface area contributed by atoms with E-state index >= 15 is 0 Å². The summed E-state index contributed by atoms with van der Waals surface area (Å²) < 4.78 is 5.70. The lowest BCUT2D eigenvalue weighted by Gasteiger charge is -2.10. The molecule has 0 aliphatic carbocycles. The van der Waals surface area contributed by atoms with Crippen molar-refractivity contribution in [3.05, 3.63) is 59.2 Å². The van der Waals surface area contributed by atoms with Gasteiger partial charge < -0.3 is 14.8 Å². The number of aryl methyl sites for hydroxylation is 2. The van der Waals surface area contributed by atoms with Gasteiger partial charge in [0.05, 0.1) is 0 Å².